The Morgan fingerprint density at radius 1 is 1.47 bits per heavy atom. The molecule has 2 aromatic heterocycles. The minimum Gasteiger partial charge on any atom is -0.479 e. The van der Waals surface area contributed by atoms with Gasteiger partial charge in [0.2, 0.25) is 0 Å². The zero-order valence-corrected chi connectivity index (χ0v) is 11.8. The lowest BCUT2D eigenvalue weighted by Crippen LogP contribution is -2.48. The number of tetrazole rings is 1. The molecular weight excluding hydrogens is 311 g/mol. The highest BCUT2D eigenvalue weighted by Gasteiger charge is 2.49. The normalized spacial score (nSPS) is 17.2. The number of hydrogen-bond donors (Lipinski definition) is 1. The molecule has 6 nitrogen and oxygen atoms in total. The van der Waals surface area contributed by atoms with E-state index in [0.29, 0.717) is 32.9 Å². The van der Waals surface area contributed by atoms with Crippen LogP contribution in [0.3, 0.4) is 0 Å². The SMILES string of the molecule is O=C(O)C1(n2nnnc2-c2cc(Cl)sc2Cl)CCC1. The van der Waals surface area contributed by atoms with Crippen molar-refractivity contribution in [1.82, 2.24) is 20.2 Å². The number of nitrogens with zero attached hydrogens (tertiary/aromatic N) is 4. The van der Waals surface area contributed by atoms with E-state index in [-0.39, 0.29) is 0 Å². The Hall–Kier alpha value is -1.18. The average molecular weight is 319 g/mol. The molecule has 1 aliphatic rings. The quantitative estimate of drug-likeness (QED) is 0.940. The Balaban J connectivity index is 2.13. The predicted molar refractivity (Wildman–Crippen MR) is 70.6 cm³/mol. The summed E-state index contributed by atoms with van der Waals surface area (Å²) in [6.45, 7) is 0. The molecule has 1 aliphatic carbocycles. The molecule has 0 bridgehead atoms. The van der Waals surface area contributed by atoms with Crippen molar-refractivity contribution in [3.05, 3.63) is 14.7 Å². The fourth-order valence-electron chi connectivity index (χ4n) is 2.16. The van der Waals surface area contributed by atoms with Crippen molar-refractivity contribution >= 4 is 40.5 Å². The summed E-state index contributed by atoms with van der Waals surface area (Å²) in [6.07, 6.45) is 1.86. The van der Waals surface area contributed by atoms with Crippen LogP contribution in [0.25, 0.3) is 11.4 Å². The maximum Gasteiger partial charge on any atom is 0.331 e. The number of carboxylic acid groups (broad SMARTS) is 1. The molecule has 9 heteroatoms. The number of aromatic nitrogens is 4. The molecule has 1 fully saturated rings. The van der Waals surface area contributed by atoms with E-state index in [0.717, 1.165) is 6.42 Å². The van der Waals surface area contributed by atoms with Gasteiger partial charge in [-0.1, -0.05) is 23.2 Å². The van der Waals surface area contributed by atoms with Gasteiger partial charge in [0.1, 0.15) is 4.34 Å². The first kappa shape index (κ1) is 12.8. The van der Waals surface area contributed by atoms with E-state index < -0.39 is 11.5 Å². The van der Waals surface area contributed by atoms with Crippen molar-refractivity contribution in [3.63, 3.8) is 0 Å². The molecule has 0 amide bonds. The van der Waals surface area contributed by atoms with E-state index in [9.17, 15) is 9.90 Å². The van der Waals surface area contributed by atoms with Gasteiger partial charge in [0.05, 0.1) is 9.90 Å². The average Bonchev–Trinajstić information content (AvgIpc) is 2.83. The van der Waals surface area contributed by atoms with Crippen molar-refractivity contribution in [2.24, 2.45) is 0 Å². The third kappa shape index (κ3) is 1.84. The summed E-state index contributed by atoms with van der Waals surface area (Å²) < 4.78 is 2.30. The van der Waals surface area contributed by atoms with Crippen LogP contribution in [-0.2, 0) is 10.3 Å². The molecule has 3 rings (SSSR count). The summed E-state index contributed by atoms with van der Waals surface area (Å²) in [5.74, 6) is -0.583. The molecule has 2 heterocycles. The van der Waals surface area contributed by atoms with Gasteiger partial charge in [-0.25, -0.2) is 9.48 Å². The van der Waals surface area contributed by atoms with Crippen LogP contribution >= 0.6 is 34.5 Å². The van der Waals surface area contributed by atoms with E-state index in [1.165, 1.54) is 16.0 Å². The number of aliphatic carboxylic acids is 1. The molecule has 0 aromatic carbocycles. The fraction of sp³-hybridized carbons (Fsp3) is 0.400. The lowest BCUT2D eigenvalue weighted by atomic mass is 9.77. The number of carboxylic acids is 1. The van der Waals surface area contributed by atoms with Gasteiger partial charge in [-0.15, -0.1) is 16.4 Å². The summed E-state index contributed by atoms with van der Waals surface area (Å²) in [7, 11) is 0. The molecule has 2 aromatic rings. The van der Waals surface area contributed by atoms with Crippen LogP contribution in [-0.4, -0.2) is 31.3 Å². The van der Waals surface area contributed by atoms with Gasteiger partial charge >= 0.3 is 5.97 Å². The van der Waals surface area contributed by atoms with Crippen LogP contribution in [0, 0.1) is 0 Å². The zero-order valence-electron chi connectivity index (χ0n) is 9.51. The van der Waals surface area contributed by atoms with E-state index in [2.05, 4.69) is 15.5 Å². The van der Waals surface area contributed by atoms with Gasteiger partial charge in [-0.2, -0.15) is 0 Å². The lowest BCUT2D eigenvalue weighted by Gasteiger charge is -2.37. The Kier molecular flexibility index (Phi) is 2.99. The molecular formula is C10H8Cl2N4O2S. The van der Waals surface area contributed by atoms with Crippen molar-refractivity contribution in [3.8, 4) is 11.4 Å². The van der Waals surface area contributed by atoms with E-state index >= 15 is 0 Å². The number of rotatable bonds is 3. The standard InChI is InChI=1S/C10H8Cl2N4O2S/c11-6-4-5(7(12)19-6)8-13-14-15-16(8)10(9(17)18)2-1-3-10/h4H,1-3H2,(H,17,18). The number of hydrogen-bond acceptors (Lipinski definition) is 5. The van der Waals surface area contributed by atoms with Crippen LogP contribution in [0.15, 0.2) is 6.07 Å². The Labute approximate surface area is 121 Å². The van der Waals surface area contributed by atoms with Crippen molar-refractivity contribution < 1.29 is 9.90 Å². The van der Waals surface area contributed by atoms with Crippen LogP contribution in [0.4, 0.5) is 0 Å². The second-order valence-electron chi connectivity index (χ2n) is 4.34. The Bertz CT molecular complexity index is 650. The molecule has 0 unspecified atom stereocenters. The molecule has 1 saturated carbocycles. The highest BCUT2D eigenvalue weighted by atomic mass is 35.5. The van der Waals surface area contributed by atoms with Crippen LogP contribution in [0.5, 0.6) is 0 Å². The Morgan fingerprint density at radius 3 is 2.68 bits per heavy atom. The van der Waals surface area contributed by atoms with Crippen molar-refractivity contribution in [1.29, 1.82) is 0 Å². The summed E-state index contributed by atoms with van der Waals surface area (Å²) in [6, 6.07) is 1.64. The molecule has 0 radical (unpaired) electrons. The highest BCUT2D eigenvalue weighted by Crippen LogP contribution is 2.43. The van der Waals surface area contributed by atoms with Crippen LogP contribution in [0.1, 0.15) is 19.3 Å². The van der Waals surface area contributed by atoms with Crippen molar-refractivity contribution in [2.75, 3.05) is 0 Å². The molecule has 0 atom stereocenters. The zero-order chi connectivity index (χ0) is 13.6. The maximum absolute atomic E-state index is 11.5. The lowest BCUT2D eigenvalue weighted by molar-refractivity contribution is -0.153. The molecule has 19 heavy (non-hydrogen) atoms. The van der Waals surface area contributed by atoms with E-state index in [4.69, 9.17) is 23.2 Å². The minimum atomic E-state index is -1.06. The predicted octanol–water partition coefficient (Wildman–Crippen LogP) is 2.67. The molecule has 100 valence electrons. The first-order chi connectivity index (χ1) is 9.04. The molecule has 0 saturated heterocycles. The monoisotopic (exact) mass is 318 g/mol. The van der Waals surface area contributed by atoms with E-state index in [1.807, 2.05) is 0 Å². The minimum absolute atomic E-state index is 0.343. The van der Waals surface area contributed by atoms with Crippen LogP contribution in [0.2, 0.25) is 8.67 Å². The summed E-state index contributed by atoms with van der Waals surface area (Å²) >= 11 is 13.2. The molecule has 0 spiro atoms. The van der Waals surface area contributed by atoms with Gasteiger partial charge in [0, 0.05) is 0 Å². The molecule has 1 N–H and O–H groups in total. The topological polar surface area (TPSA) is 80.9 Å². The fourth-order valence-corrected chi connectivity index (χ4v) is 3.62. The largest absolute Gasteiger partial charge is 0.479 e. The van der Waals surface area contributed by atoms with Gasteiger partial charge < -0.3 is 5.11 Å². The van der Waals surface area contributed by atoms with Crippen LogP contribution < -0.4 is 0 Å². The smallest absolute Gasteiger partial charge is 0.331 e. The number of carbonyl (C=O) groups is 1. The molecule has 0 aliphatic heterocycles. The second-order valence-corrected chi connectivity index (χ2v) is 6.63. The van der Waals surface area contributed by atoms with Gasteiger partial charge in [-0.3, -0.25) is 0 Å². The first-order valence-corrected chi connectivity index (χ1v) is 7.09. The summed E-state index contributed by atoms with van der Waals surface area (Å²) in [5.41, 5.74) is -0.495. The summed E-state index contributed by atoms with van der Waals surface area (Å²) in [4.78, 5) is 11.5. The van der Waals surface area contributed by atoms with Gasteiger partial charge in [0.25, 0.3) is 0 Å². The maximum atomic E-state index is 11.5. The third-order valence-corrected chi connectivity index (χ3v) is 4.84. The van der Waals surface area contributed by atoms with Gasteiger partial charge in [-0.05, 0) is 35.8 Å². The number of halogens is 2. The Morgan fingerprint density at radius 2 is 2.21 bits per heavy atom. The first-order valence-electron chi connectivity index (χ1n) is 5.52. The van der Waals surface area contributed by atoms with E-state index in [1.54, 1.807) is 6.07 Å². The van der Waals surface area contributed by atoms with Gasteiger partial charge in [0.15, 0.2) is 11.4 Å². The number of thiophene rings is 1. The highest BCUT2D eigenvalue weighted by molar-refractivity contribution is 7.20. The second kappa shape index (κ2) is 4.43. The summed E-state index contributed by atoms with van der Waals surface area (Å²) in [5, 5.41) is 20.7. The van der Waals surface area contributed by atoms with Crippen molar-refractivity contribution in [2.45, 2.75) is 24.8 Å². The third-order valence-electron chi connectivity index (χ3n) is 3.35.